The van der Waals surface area contributed by atoms with Gasteiger partial charge in [0, 0.05) is 18.3 Å². The van der Waals surface area contributed by atoms with E-state index in [1.807, 2.05) is 33.0 Å². The SMILES string of the molecule is CC(C)(C)[C@H](Cn1cccn1)NC(=O)Cn1nc(C(F)F)c(Br)c1C1CC1. The van der Waals surface area contributed by atoms with Gasteiger partial charge in [0.15, 0.2) is 0 Å². The number of carbonyl (C=O) groups is 1. The van der Waals surface area contributed by atoms with Crippen molar-refractivity contribution in [1.29, 1.82) is 0 Å². The van der Waals surface area contributed by atoms with E-state index < -0.39 is 6.43 Å². The summed E-state index contributed by atoms with van der Waals surface area (Å²) in [5.74, 6) is -0.0607. The van der Waals surface area contributed by atoms with Crippen molar-refractivity contribution in [2.45, 2.75) is 65.1 Å². The zero-order valence-electron chi connectivity index (χ0n) is 15.6. The molecule has 1 saturated carbocycles. The molecule has 6 nitrogen and oxygen atoms in total. The van der Waals surface area contributed by atoms with Crippen molar-refractivity contribution in [3.63, 3.8) is 0 Å². The van der Waals surface area contributed by atoms with Gasteiger partial charge in [0.05, 0.1) is 22.8 Å². The topological polar surface area (TPSA) is 64.7 Å². The van der Waals surface area contributed by atoms with Gasteiger partial charge in [-0.15, -0.1) is 0 Å². The van der Waals surface area contributed by atoms with E-state index in [4.69, 9.17) is 0 Å². The number of alkyl halides is 2. The molecule has 0 unspecified atom stereocenters. The van der Waals surface area contributed by atoms with Crippen LogP contribution in [0.1, 0.15) is 57.3 Å². The Labute approximate surface area is 165 Å². The summed E-state index contributed by atoms with van der Waals surface area (Å²) in [6, 6.07) is 1.67. The van der Waals surface area contributed by atoms with Crippen LogP contribution in [-0.2, 0) is 17.9 Å². The molecule has 0 spiro atoms. The van der Waals surface area contributed by atoms with Crippen LogP contribution < -0.4 is 5.32 Å². The number of nitrogens with one attached hydrogen (secondary N) is 1. The summed E-state index contributed by atoms with van der Waals surface area (Å²) in [5.41, 5.74) is 0.202. The van der Waals surface area contributed by atoms with Gasteiger partial charge < -0.3 is 5.32 Å². The number of hydrogen-bond donors (Lipinski definition) is 1. The summed E-state index contributed by atoms with van der Waals surface area (Å²) in [4.78, 5) is 12.7. The molecule has 0 saturated heterocycles. The number of hydrogen-bond acceptors (Lipinski definition) is 3. The molecule has 0 radical (unpaired) electrons. The molecule has 1 aliphatic carbocycles. The van der Waals surface area contributed by atoms with Crippen molar-refractivity contribution in [1.82, 2.24) is 24.9 Å². The lowest BCUT2D eigenvalue weighted by atomic mass is 9.86. The Hall–Kier alpha value is -1.77. The van der Waals surface area contributed by atoms with Crippen molar-refractivity contribution < 1.29 is 13.6 Å². The first-order valence-corrected chi connectivity index (χ1v) is 9.77. The predicted molar refractivity (Wildman–Crippen MR) is 100 cm³/mol. The van der Waals surface area contributed by atoms with E-state index >= 15 is 0 Å². The second kappa shape index (κ2) is 7.69. The molecular weight excluding hydrogens is 420 g/mol. The molecule has 1 atom stereocenters. The molecule has 2 aromatic rings. The fourth-order valence-electron chi connectivity index (χ4n) is 2.99. The summed E-state index contributed by atoms with van der Waals surface area (Å²) < 4.78 is 29.9. The van der Waals surface area contributed by atoms with Crippen molar-refractivity contribution in [3.8, 4) is 0 Å². The van der Waals surface area contributed by atoms with Gasteiger partial charge in [-0.2, -0.15) is 10.2 Å². The van der Waals surface area contributed by atoms with Crippen LogP contribution in [0.25, 0.3) is 0 Å². The standard InChI is InChI=1S/C18H24BrF2N5O/c1-18(2,3)12(9-25-8-4-7-22-25)23-13(27)10-26-16(11-5-6-11)14(19)15(24-26)17(20)21/h4,7-8,11-12,17H,5-6,9-10H2,1-3H3,(H,23,27)/t12-/m0/s1. The van der Waals surface area contributed by atoms with Crippen LogP contribution in [0.15, 0.2) is 22.9 Å². The minimum absolute atomic E-state index is 0.0805. The van der Waals surface area contributed by atoms with Gasteiger partial charge in [-0.05, 0) is 40.3 Å². The highest BCUT2D eigenvalue weighted by Gasteiger charge is 2.34. The second-order valence-corrected chi connectivity index (χ2v) is 8.82. The zero-order valence-corrected chi connectivity index (χ0v) is 17.2. The lowest BCUT2D eigenvalue weighted by Crippen LogP contribution is -2.47. The smallest absolute Gasteiger partial charge is 0.283 e. The van der Waals surface area contributed by atoms with Gasteiger partial charge in [-0.25, -0.2) is 8.78 Å². The van der Waals surface area contributed by atoms with E-state index in [9.17, 15) is 13.6 Å². The van der Waals surface area contributed by atoms with E-state index in [0.717, 1.165) is 12.8 Å². The lowest BCUT2D eigenvalue weighted by molar-refractivity contribution is -0.123. The highest BCUT2D eigenvalue weighted by Crippen LogP contribution is 2.45. The molecule has 148 valence electrons. The van der Waals surface area contributed by atoms with Crippen molar-refractivity contribution >= 4 is 21.8 Å². The van der Waals surface area contributed by atoms with E-state index in [1.165, 1.54) is 4.68 Å². The van der Waals surface area contributed by atoms with Gasteiger partial charge in [0.1, 0.15) is 12.2 Å². The zero-order chi connectivity index (χ0) is 19.8. The predicted octanol–water partition coefficient (Wildman–Crippen LogP) is 3.89. The van der Waals surface area contributed by atoms with Crippen LogP contribution in [0, 0.1) is 5.41 Å². The maximum atomic E-state index is 13.2. The Balaban J connectivity index is 1.75. The molecule has 1 fully saturated rings. The van der Waals surface area contributed by atoms with Gasteiger partial charge in [0.2, 0.25) is 5.91 Å². The maximum absolute atomic E-state index is 13.2. The normalized spacial score (nSPS) is 16.0. The van der Waals surface area contributed by atoms with Crippen LogP contribution in [0.4, 0.5) is 8.78 Å². The van der Waals surface area contributed by atoms with E-state index in [-0.39, 0.29) is 35.5 Å². The summed E-state index contributed by atoms with van der Waals surface area (Å²) in [6.45, 7) is 6.56. The Bertz CT molecular complexity index is 794. The molecule has 2 aromatic heterocycles. The second-order valence-electron chi connectivity index (χ2n) is 8.03. The molecule has 2 heterocycles. The number of halogens is 3. The van der Waals surface area contributed by atoms with Gasteiger partial charge >= 0.3 is 0 Å². The highest BCUT2D eigenvalue weighted by atomic mass is 79.9. The minimum atomic E-state index is -2.68. The van der Waals surface area contributed by atoms with Gasteiger partial charge in [-0.3, -0.25) is 14.2 Å². The van der Waals surface area contributed by atoms with Crippen LogP contribution in [0.5, 0.6) is 0 Å². The number of nitrogens with zero attached hydrogens (tertiary/aromatic N) is 4. The highest BCUT2D eigenvalue weighted by molar-refractivity contribution is 9.10. The number of aromatic nitrogens is 4. The number of amides is 1. The maximum Gasteiger partial charge on any atom is 0.283 e. The molecule has 27 heavy (non-hydrogen) atoms. The summed E-state index contributed by atoms with van der Waals surface area (Å²) >= 11 is 3.25. The quantitative estimate of drug-likeness (QED) is 0.705. The van der Waals surface area contributed by atoms with Crippen molar-refractivity contribution in [2.75, 3.05) is 0 Å². The average Bonchev–Trinajstić information content (AvgIpc) is 3.14. The Morgan fingerprint density at radius 2 is 2.11 bits per heavy atom. The fourth-order valence-corrected chi connectivity index (χ4v) is 3.77. The average molecular weight is 444 g/mol. The summed E-state index contributed by atoms with van der Waals surface area (Å²) in [7, 11) is 0. The molecule has 9 heteroatoms. The Morgan fingerprint density at radius 1 is 1.41 bits per heavy atom. The Kier molecular flexibility index (Phi) is 5.69. The number of rotatable bonds is 7. The first kappa shape index (κ1) is 20.0. The minimum Gasteiger partial charge on any atom is -0.349 e. The molecule has 1 N–H and O–H groups in total. The molecule has 1 amide bonds. The van der Waals surface area contributed by atoms with Gasteiger partial charge in [-0.1, -0.05) is 20.8 Å². The monoisotopic (exact) mass is 443 g/mol. The molecular formula is C18H24BrF2N5O. The van der Waals surface area contributed by atoms with Crippen molar-refractivity contribution in [3.05, 3.63) is 34.3 Å². The van der Waals surface area contributed by atoms with Crippen LogP contribution in [0.2, 0.25) is 0 Å². The van der Waals surface area contributed by atoms with E-state index in [2.05, 4.69) is 31.4 Å². The first-order valence-electron chi connectivity index (χ1n) is 8.98. The number of carbonyl (C=O) groups excluding carboxylic acids is 1. The molecule has 0 bridgehead atoms. The van der Waals surface area contributed by atoms with Gasteiger partial charge in [0.25, 0.3) is 6.43 Å². The lowest BCUT2D eigenvalue weighted by Gasteiger charge is -2.31. The van der Waals surface area contributed by atoms with Crippen LogP contribution in [-0.4, -0.2) is 31.5 Å². The Morgan fingerprint density at radius 3 is 2.63 bits per heavy atom. The third-order valence-electron chi connectivity index (χ3n) is 4.73. The summed E-state index contributed by atoms with van der Waals surface area (Å²) in [6.07, 6.45) is 2.71. The fraction of sp³-hybridized carbons (Fsp3) is 0.611. The molecule has 0 aromatic carbocycles. The van der Waals surface area contributed by atoms with Crippen LogP contribution >= 0.6 is 15.9 Å². The largest absolute Gasteiger partial charge is 0.349 e. The van der Waals surface area contributed by atoms with E-state index in [0.29, 0.717) is 16.7 Å². The molecule has 1 aliphatic rings. The van der Waals surface area contributed by atoms with E-state index in [1.54, 1.807) is 10.9 Å². The van der Waals surface area contributed by atoms with Crippen molar-refractivity contribution in [2.24, 2.45) is 5.41 Å². The first-order chi connectivity index (χ1) is 12.7. The summed E-state index contributed by atoms with van der Waals surface area (Å²) in [5, 5.41) is 11.2. The molecule has 3 rings (SSSR count). The van der Waals surface area contributed by atoms with Crippen LogP contribution in [0.3, 0.4) is 0 Å². The third-order valence-corrected chi connectivity index (χ3v) is 5.54. The third kappa shape index (κ3) is 4.75. The molecule has 0 aliphatic heterocycles.